The maximum atomic E-state index is 9.44. The standard InChI is InChI=1S/C25H24N4O/c30-22-7-5-18(6-8-22)10-13-29-14-11-23-20(17-29)9-12-26-25(23)28-21-15-19-3-1-2-4-24(19)27-16-21/h1-9,12,15-16,30H,10-11,13-14,17H2,(H,26,28). The van der Waals surface area contributed by atoms with Crippen LogP contribution in [0.15, 0.2) is 73.1 Å². The summed E-state index contributed by atoms with van der Waals surface area (Å²) in [6.07, 6.45) is 5.71. The summed E-state index contributed by atoms with van der Waals surface area (Å²) in [7, 11) is 0. The van der Waals surface area contributed by atoms with Gasteiger partial charge in [0.05, 0.1) is 17.4 Å². The van der Waals surface area contributed by atoms with Gasteiger partial charge in [-0.2, -0.15) is 0 Å². The van der Waals surface area contributed by atoms with Crippen molar-refractivity contribution in [3.63, 3.8) is 0 Å². The highest BCUT2D eigenvalue weighted by Gasteiger charge is 2.19. The lowest BCUT2D eigenvalue weighted by Gasteiger charge is -2.29. The Labute approximate surface area is 176 Å². The summed E-state index contributed by atoms with van der Waals surface area (Å²) in [5.74, 6) is 1.25. The van der Waals surface area contributed by atoms with E-state index in [1.54, 1.807) is 12.1 Å². The molecule has 4 aromatic rings. The molecular weight excluding hydrogens is 372 g/mol. The average molecular weight is 396 g/mol. The van der Waals surface area contributed by atoms with E-state index in [0.717, 1.165) is 54.9 Å². The molecule has 1 aliphatic rings. The molecule has 0 bridgehead atoms. The fraction of sp³-hybridized carbons (Fsp3) is 0.200. The average Bonchev–Trinajstić information content (AvgIpc) is 2.79. The number of para-hydroxylation sites is 1. The Bertz CT molecular complexity index is 1170. The van der Waals surface area contributed by atoms with Gasteiger partial charge in [0.15, 0.2) is 0 Å². The van der Waals surface area contributed by atoms with Crippen LogP contribution in [0.1, 0.15) is 16.7 Å². The van der Waals surface area contributed by atoms with Crippen LogP contribution in [0.2, 0.25) is 0 Å². The van der Waals surface area contributed by atoms with Gasteiger partial charge < -0.3 is 10.4 Å². The molecule has 30 heavy (non-hydrogen) atoms. The molecule has 150 valence electrons. The van der Waals surface area contributed by atoms with Crippen molar-refractivity contribution < 1.29 is 5.11 Å². The summed E-state index contributed by atoms with van der Waals surface area (Å²) in [5, 5.41) is 14.0. The highest BCUT2D eigenvalue weighted by atomic mass is 16.3. The molecule has 3 heterocycles. The van der Waals surface area contributed by atoms with Crippen LogP contribution < -0.4 is 5.32 Å². The van der Waals surface area contributed by atoms with Crippen LogP contribution in [0.25, 0.3) is 10.9 Å². The van der Waals surface area contributed by atoms with Gasteiger partial charge in [0.2, 0.25) is 0 Å². The van der Waals surface area contributed by atoms with E-state index < -0.39 is 0 Å². The van der Waals surface area contributed by atoms with Crippen molar-refractivity contribution in [2.45, 2.75) is 19.4 Å². The van der Waals surface area contributed by atoms with Gasteiger partial charge in [-0.1, -0.05) is 30.3 Å². The molecule has 0 atom stereocenters. The van der Waals surface area contributed by atoms with Crippen LogP contribution in [0.3, 0.4) is 0 Å². The summed E-state index contributed by atoms with van der Waals surface area (Å²) >= 11 is 0. The van der Waals surface area contributed by atoms with Crippen molar-refractivity contribution in [1.82, 2.24) is 14.9 Å². The van der Waals surface area contributed by atoms with Gasteiger partial charge in [-0.25, -0.2) is 4.98 Å². The van der Waals surface area contributed by atoms with E-state index in [9.17, 15) is 5.11 Å². The van der Waals surface area contributed by atoms with Crippen LogP contribution in [0.5, 0.6) is 5.75 Å². The minimum Gasteiger partial charge on any atom is -0.508 e. The largest absolute Gasteiger partial charge is 0.508 e. The third-order valence-electron chi connectivity index (χ3n) is 5.73. The third-order valence-corrected chi connectivity index (χ3v) is 5.73. The van der Waals surface area contributed by atoms with E-state index in [0.29, 0.717) is 5.75 Å². The number of aromatic nitrogens is 2. The first-order valence-electron chi connectivity index (χ1n) is 10.3. The Morgan fingerprint density at radius 2 is 1.87 bits per heavy atom. The minimum absolute atomic E-state index is 0.319. The molecule has 5 rings (SSSR count). The number of phenols is 1. The molecule has 0 spiro atoms. The minimum atomic E-state index is 0.319. The topological polar surface area (TPSA) is 61.3 Å². The van der Waals surface area contributed by atoms with Crippen LogP contribution in [0.4, 0.5) is 11.5 Å². The quantitative estimate of drug-likeness (QED) is 0.513. The maximum Gasteiger partial charge on any atom is 0.133 e. The van der Waals surface area contributed by atoms with Gasteiger partial charge >= 0.3 is 0 Å². The van der Waals surface area contributed by atoms with Crippen LogP contribution in [-0.4, -0.2) is 33.1 Å². The Kier molecular flexibility index (Phi) is 5.03. The SMILES string of the molecule is Oc1ccc(CCN2CCc3c(ccnc3Nc3cnc4ccccc4c3)C2)cc1. The molecule has 0 radical (unpaired) electrons. The zero-order valence-electron chi connectivity index (χ0n) is 16.8. The number of rotatable bonds is 5. The monoisotopic (exact) mass is 396 g/mol. The highest BCUT2D eigenvalue weighted by Crippen LogP contribution is 2.27. The first-order chi connectivity index (χ1) is 14.7. The van der Waals surface area contributed by atoms with Crippen LogP contribution in [-0.2, 0) is 19.4 Å². The van der Waals surface area contributed by atoms with Crippen molar-refractivity contribution in [1.29, 1.82) is 0 Å². The lowest BCUT2D eigenvalue weighted by molar-refractivity contribution is 0.257. The molecule has 0 amide bonds. The predicted octanol–water partition coefficient (Wildman–Crippen LogP) is 4.68. The molecule has 0 fully saturated rings. The van der Waals surface area contributed by atoms with E-state index in [2.05, 4.69) is 38.4 Å². The van der Waals surface area contributed by atoms with Crippen molar-refractivity contribution in [3.05, 3.63) is 89.7 Å². The van der Waals surface area contributed by atoms with E-state index in [1.807, 2.05) is 42.7 Å². The Hall–Kier alpha value is -3.44. The van der Waals surface area contributed by atoms with Gasteiger partial charge in [0.25, 0.3) is 0 Å². The van der Waals surface area contributed by atoms with Gasteiger partial charge in [0.1, 0.15) is 11.6 Å². The zero-order valence-corrected chi connectivity index (χ0v) is 16.8. The molecule has 2 N–H and O–H groups in total. The number of nitrogens with zero attached hydrogens (tertiary/aromatic N) is 3. The number of benzene rings is 2. The van der Waals surface area contributed by atoms with E-state index in [1.165, 1.54) is 16.7 Å². The van der Waals surface area contributed by atoms with Gasteiger partial charge in [-0.05, 0) is 54.3 Å². The van der Waals surface area contributed by atoms with Gasteiger partial charge in [-0.3, -0.25) is 9.88 Å². The fourth-order valence-electron chi connectivity index (χ4n) is 4.07. The van der Waals surface area contributed by atoms with Gasteiger partial charge in [0, 0.05) is 36.8 Å². The Balaban J connectivity index is 1.29. The fourth-order valence-corrected chi connectivity index (χ4v) is 4.07. The number of hydrogen-bond acceptors (Lipinski definition) is 5. The van der Waals surface area contributed by atoms with E-state index in [-0.39, 0.29) is 0 Å². The smallest absolute Gasteiger partial charge is 0.133 e. The number of phenolic OH excluding ortho intramolecular Hbond substituents is 1. The molecule has 5 nitrogen and oxygen atoms in total. The second-order valence-corrected chi connectivity index (χ2v) is 7.78. The molecule has 1 aliphatic heterocycles. The molecule has 2 aromatic heterocycles. The van der Waals surface area contributed by atoms with Crippen molar-refractivity contribution in [2.24, 2.45) is 0 Å². The summed E-state index contributed by atoms with van der Waals surface area (Å²) in [6, 6.07) is 19.9. The summed E-state index contributed by atoms with van der Waals surface area (Å²) in [5.41, 5.74) is 5.84. The Morgan fingerprint density at radius 3 is 2.77 bits per heavy atom. The molecule has 0 unspecified atom stereocenters. The molecule has 5 heteroatoms. The number of hydrogen-bond donors (Lipinski definition) is 2. The second kappa shape index (κ2) is 8.13. The maximum absolute atomic E-state index is 9.44. The van der Waals surface area contributed by atoms with Crippen molar-refractivity contribution >= 4 is 22.4 Å². The predicted molar refractivity (Wildman–Crippen MR) is 120 cm³/mol. The van der Waals surface area contributed by atoms with Gasteiger partial charge in [-0.15, -0.1) is 0 Å². The normalized spacial score (nSPS) is 13.9. The van der Waals surface area contributed by atoms with E-state index in [4.69, 9.17) is 0 Å². The van der Waals surface area contributed by atoms with E-state index >= 15 is 0 Å². The lowest BCUT2D eigenvalue weighted by atomic mass is 10.00. The second-order valence-electron chi connectivity index (χ2n) is 7.78. The molecule has 2 aromatic carbocycles. The lowest BCUT2D eigenvalue weighted by Crippen LogP contribution is -2.32. The Morgan fingerprint density at radius 1 is 1.00 bits per heavy atom. The summed E-state index contributed by atoms with van der Waals surface area (Å²) < 4.78 is 0. The zero-order chi connectivity index (χ0) is 20.3. The number of aromatic hydroxyl groups is 1. The number of nitrogens with one attached hydrogen (secondary N) is 1. The van der Waals surface area contributed by atoms with Crippen molar-refractivity contribution in [3.8, 4) is 5.75 Å². The summed E-state index contributed by atoms with van der Waals surface area (Å²) in [4.78, 5) is 11.6. The molecular formula is C25H24N4O. The van der Waals surface area contributed by atoms with Crippen LogP contribution in [0, 0.1) is 0 Å². The van der Waals surface area contributed by atoms with Crippen molar-refractivity contribution in [2.75, 3.05) is 18.4 Å². The molecule has 0 aliphatic carbocycles. The first-order valence-corrected chi connectivity index (χ1v) is 10.3. The summed E-state index contributed by atoms with van der Waals surface area (Å²) in [6.45, 7) is 2.95. The highest BCUT2D eigenvalue weighted by molar-refractivity contribution is 5.82. The molecule has 0 saturated heterocycles. The third kappa shape index (κ3) is 3.98. The number of pyridine rings is 2. The number of fused-ring (bicyclic) bond motifs is 2. The molecule has 0 saturated carbocycles. The number of anilines is 2. The first kappa shape index (κ1) is 18.6. The van der Waals surface area contributed by atoms with Crippen LogP contribution >= 0.6 is 0 Å².